The summed E-state index contributed by atoms with van der Waals surface area (Å²) in [6.45, 7) is 8.55. The van der Waals surface area contributed by atoms with Crippen LogP contribution in [0.1, 0.15) is 55.1 Å². The van der Waals surface area contributed by atoms with Crippen molar-refractivity contribution in [2.45, 2.75) is 58.9 Å². The van der Waals surface area contributed by atoms with Crippen molar-refractivity contribution in [3.63, 3.8) is 0 Å². The van der Waals surface area contributed by atoms with E-state index in [1.807, 2.05) is 0 Å². The molecule has 1 aromatic rings. The largest absolute Gasteiger partial charge is 0.319 e. The van der Waals surface area contributed by atoms with Crippen LogP contribution in [0.25, 0.3) is 0 Å². The van der Waals surface area contributed by atoms with Crippen LogP contribution in [-0.4, -0.2) is 4.98 Å². The quantitative estimate of drug-likeness (QED) is 0.834. The van der Waals surface area contributed by atoms with Gasteiger partial charge in [0.05, 0.1) is 11.2 Å². The lowest BCUT2D eigenvalue weighted by Crippen LogP contribution is -2.36. The molecule has 0 saturated heterocycles. The van der Waals surface area contributed by atoms with Gasteiger partial charge in [-0.05, 0) is 26.7 Å². The zero-order valence-electron chi connectivity index (χ0n) is 10.3. The minimum Gasteiger partial charge on any atom is -0.319 e. The standard InChI is InChI=1S/C12H22N2S/c1-5-7-12(13,8-6-2)11-14-9(3)10(4)15-11/h5-8,13H2,1-4H3. The van der Waals surface area contributed by atoms with Crippen molar-refractivity contribution in [3.05, 3.63) is 15.6 Å². The zero-order chi connectivity index (χ0) is 11.5. The first-order chi connectivity index (χ1) is 7.03. The van der Waals surface area contributed by atoms with Gasteiger partial charge in [-0.1, -0.05) is 26.7 Å². The van der Waals surface area contributed by atoms with E-state index in [9.17, 15) is 0 Å². The number of rotatable bonds is 5. The van der Waals surface area contributed by atoms with E-state index < -0.39 is 0 Å². The predicted octanol–water partition coefficient (Wildman–Crippen LogP) is 3.51. The molecule has 2 nitrogen and oxygen atoms in total. The number of aryl methyl sites for hydroxylation is 2. The van der Waals surface area contributed by atoms with Crippen LogP contribution in [0.4, 0.5) is 0 Å². The highest BCUT2D eigenvalue weighted by molar-refractivity contribution is 7.11. The lowest BCUT2D eigenvalue weighted by molar-refractivity contribution is 0.367. The maximum atomic E-state index is 6.47. The predicted molar refractivity (Wildman–Crippen MR) is 67.3 cm³/mol. The van der Waals surface area contributed by atoms with Gasteiger partial charge >= 0.3 is 0 Å². The van der Waals surface area contributed by atoms with E-state index in [0.29, 0.717) is 0 Å². The van der Waals surface area contributed by atoms with Crippen LogP contribution in [-0.2, 0) is 5.54 Å². The van der Waals surface area contributed by atoms with Crippen molar-refractivity contribution < 1.29 is 0 Å². The molecule has 0 unspecified atom stereocenters. The molecular weight excluding hydrogens is 204 g/mol. The number of thiazole rings is 1. The first-order valence-corrected chi connectivity index (χ1v) is 6.58. The average molecular weight is 226 g/mol. The fourth-order valence-corrected chi connectivity index (χ4v) is 2.99. The molecule has 86 valence electrons. The number of aromatic nitrogens is 1. The first-order valence-electron chi connectivity index (χ1n) is 5.77. The van der Waals surface area contributed by atoms with Crippen molar-refractivity contribution in [2.75, 3.05) is 0 Å². The molecule has 2 N–H and O–H groups in total. The van der Waals surface area contributed by atoms with Gasteiger partial charge in [-0.2, -0.15) is 0 Å². The van der Waals surface area contributed by atoms with Gasteiger partial charge in [0.1, 0.15) is 5.01 Å². The van der Waals surface area contributed by atoms with Gasteiger partial charge in [-0.25, -0.2) is 4.98 Å². The Morgan fingerprint density at radius 1 is 1.20 bits per heavy atom. The summed E-state index contributed by atoms with van der Waals surface area (Å²) in [5, 5.41) is 1.13. The molecule has 0 amide bonds. The second kappa shape index (κ2) is 5.08. The smallest absolute Gasteiger partial charge is 0.113 e. The van der Waals surface area contributed by atoms with Crippen LogP contribution in [0.3, 0.4) is 0 Å². The molecule has 0 atom stereocenters. The molecule has 1 aromatic heterocycles. The molecule has 0 saturated carbocycles. The molecule has 0 aromatic carbocycles. The van der Waals surface area contributed by atoms with Crippen LogP contribution >= 0.6 is 11.3 Å². The van der Waals surface area contributed by atoms with E-state index in [4.69, 9.17) is 5.73 Å². The Morgan fingerprint density at radius 2 is 1.73 bits per heavy atom. The minimum absolute atomic E-state index is 0.187. The Kier molecular flexibility index (Phi) is 4.29. The third-order valence-corrected chi connectivity index (χ3v) is 4.14. The van der Waals surface area contributed by atoms with Crippen molar-refractivity contribution in [1.82, 2.24) is 4.98 Å². The Balaban J connectivity index is 2.97. The van der Waals surface area contributed by atoms with Crippen molar-refractivity contribution in [1.29, 1.82) is 0 Å². The minimum atomic E-state index is -0.187. The van der Waals surface area contributed by atoms with E-state index in [1.54, 1.807) is 11.3 Å². The number of hydrogen-bond acceptors (Lipinski definition) is 3. The van der Waals surface area contributed by atoms with Crippen LogP contribution in [0, 0.1) is 13.8 Å². The summed E-state index contributed by atoms with van der Waals surface area (Å²) < 4.78 is 0. The van der Waals surface area contributed by atoms with Crippen molar-refractivity contribution >= 4 is 11.3 Å². The molecule has 1 heterocycles. The van der Waals surface area contributed by atoms with Crippen LogP contribution in [0.5, 0.6) is 0 Å². The topological polar surface area (TPSA) is 38.9 Å². The van der Waals surface area contributed by atoms with Gasteiger partial charge in [0.2, 0.25) is 0 Å². The van der Waals surface area contributed by atoms with Gasteiger partial charge in [-0.3, -0.25) is 0 Å². The van der Waals surface area contributed by atoms with Gasteiger partial charge in [-0.15, -0.1) is 11.3 Å². The zero-order valence-corrected chi connectivity index (χ0v) is 11.1. The molecule has 0 aliphatic carbocycles. The van der Waals surface area contributed by atoms with E-state index in [-0.39, 0.29) is 5.54 Å². The van der Waals surface area contributed by atoms with Gasteiger partial charge in [0.15, 0.2) is 0 Å². The Hall–Kier alpha value is -0.410. The van der Waals surface area contributed by atoms with Crippen molar-refractivity contribution in [3.8, 4) is 0 Å². The van der Waals surface area contributed by atoms with Gasteiger partial charge in [0, 0.05) is 4.88 Å². The molecular formula is C12H22N2S. The van der Waals surface area contributed by atoms with Crippen LogP contribution < -0.4 is 5.73 Å². The molecule has 0 aliphatic rings. The Morgan fingerprint density at radius 3 is 2.07 bits per heavy atom. The summed E-state index contributed by atoms with van der Waals surface area (Å²) in [4.78, 5) is 5.91. The maximum Gasteiger partial charge on any atom is 0.113 e. The number of hydrogen-bond donors (Lipinski definition) is 1. The number of nitrogens with two attached hydrogens (primary N) is 1. The SMILES string of the molecule is CCCC(N)(CCC)c1nc(C)c(C)s1. The summed E-state index contributed by atoms with van der Waals surface area (Å²) >= 11 is 1.77. The lowest BCUT2D eigenvalue weighted by Gasteiger charge is -2.26. The van der Waals surface area contributed by atoms with E-state index in [2.05, 4.69) is 32.7 Å². The third-order valence-electron chi connectivity index (χ3n) is 2.85. The Bertz CT molecular complexity index is 292. The first kappa shape index (κ1) is 12.7. The highest BCUT2D eigenvalue weighted by Crippen LogP contribution is 2.32. The molecule has 0 radical (unpaired) electrons. The second-order valence-corrected chi connectivity index (χ2v) is 5.52. The summed E-state index contributed by atoms with van der Waals surface area (Å²) in [5.41, 5.74) is 7.42. The summed E-state index contributed by atoms with van der Waals surface area (Å²) in [6, 6.07) is 0. The Labute approximate surface area is 96.9 Å². The summed E-state index contributed by atoms with van der Waals surface area (Å²) in [6.07, 6.45) is 4.31. The average Bonchev–Trinajstić information content (AvgIpc) is 2.48. The molecule has 0 aliphatic heterocycles. The monoisotopic (exact) mass is 226 g/mol. The van der Waals surface area contributed by atoms with Crippen LogP contribution in [0.15, 0.2) is 0 Å². The normalized spacial score (nSPS) is 12.1. The van der Waals surface area contributed by atoms with Gasteiger partial charge in [0.25, 0.3) is 0 Å². The van der Waals surface area contributed by atoms with E-state index in [1.165, 1.54) is 4.88 Å². The maximum absolute atomic E-state index is 6.47. The van der Waals surface area contributed by atoms with E-state index >= 15 is 0 Å². The molecule has 0 bridgehead atoms. The number of nitrogens with zero attached hydrogens (tertiary/aromatic N) is 1. The van der Waals surface area contributed by atoms with Crippen molar-refractivity contribution in [2.24, 2.45) is 5.73 Å². The lowest BCUT2D eigenvalue weighted by atomic mass is 9.90. The highest BCUT2D eigenvalue weighted by atomic mass is 32.1. The second-order valence-electron chi connectivity index (χ2n) is 4.32. The fraction of sp³-hybridized carbons (Fsp3) is 0.750. The summed E-state index contributed by atoms with van der Waals surface area (Å²) in [7, 11) is 0. The van der Waals surface area contributed by atoms with Gasteiger partial charge < -0.3 is 5.73 Å². The highest BCUT2D eigenvalue weighted by Gasteiger charge is 2.29. The molecule has 0 spiro atoms. The summed E-state index contributed by atoms with van der Waals surface area (Å²) in [5.74, 6) is 0. The third kappa shape index (κ3) is 2.79. The fourth-order valence-electron chi connectivity index (χ4n) is 1.92. The van der Waals surface area contributed by atoms with Crippen LogP contribution in [0.2, 0.25) is 0 Å². The molecule has 1 rings (SSSR count). The van der Waals surface area contributed by atoms with E-state index in [0.717, 1.165) is 36.4 Å². The molecule has 3 heteroatoms. The molecule has 15 heavy (non-hydrogen) atoms. The molecule has 0 fully saturated rings.